The van der Waals surface area contributed by atoms with Crippen LogP contribution in [0.5, 0.6) is 11.5 Å². The normalized spacial score (nSPS) is 10.3. The third kappa shape index (κ3) is 3.33. The van der Waals surface area contributed by atoms with Crippen molar-refractivity contribution >= 4 is 5.69 Å². The Morgan fingerprint density at radius 2 is 1.90 bits per heavy atom. The summed E-state index contributed by atoms with van der Waals surface area (Å²) in [5.41, 5.74) is 7.38. The Bertz CT molecular complexity index is 609. The molecule has 0 aliphatic heterocycles. The zero-order chi connectivity index (χ0) is 14.5. The van der Waals surface area contributed by atoms with E-state index in [0.29, 0.717) is 12.3 Å². The molecule has 5 heteroatoms. The minimum atomic E-state index is -0.439. The Kier molecular flexibility index (Phi) is 4.32. The van der Waals surface area contributed by atoms with Gasteiger partial charge in [0.05, 0.1) is 4.92 Å². The van der Waals surface area contributed by atoms with Gasteiger partial charge in [-0.3, -0.25) is 10.1 Å². The van der Waals surface area contributed by atoms with Gasteiger partial charge in [-0.1, -0.05) is 18.2 Å². The van der Waals surface area contributed by atoms with Crippen LogP contribution in [0.3, 0.4) is 0 Å². The summed E-state index contributed by atoms with van der Waals surface area (Å²) in [6.45, 7) is 2.39. The number of rotatable bonds is 5. The Morgan fingerprint density at radius 3 is 2.50 bits per heavy atom. The first kappa shape index (κ1) is 14.0. The van der Waals surface area contributed by atoms with Gasteiger partial charge in [0.25, 0.3) is 0 Å². The van der Waals surface area contributed by atoms with E-state index in [1.54, 1.807) is 31.2 Å². The molecule has 0 unspecified atom stereocenters. The number of aryl methyl sites for hydroxylation is 1. The topological polar surface area (TPSA) is 78.4 Å². The molecule has 0 aliphatic carbocycles. The molecule has 5 nitrogen and oxygen atoms in total. The third-order valence-corrected chi connectivity index (χ3v) is 2.90. The molecular formula is C15H16N2O3. The zero-order valence-electron chi connectivity index (χ0n) is 11.2. The monoisotopic (exact) mass is 272 g/mol. The van der Waals surface area contributed by atoms with Gasteiger partial charge in [0.2, 0.25) is 5.75 Å². The standard InChI is InChI=1S/C15H16N2O3/c1-11-2-7-15(14(10-11)17(18)19)20-13-5-3-12(4-6-13)8-9-16/h2-7,10H,8-9,16H2,1H3. The fraction of sp³-hybridized carbons (Fsp3) is 0.200. The average molecular weight is 272 g/mol. The van der Waals surface area contributed by atoms with E-state index in [2.05, 4.69) is 0 Å². The first-order valence-corrected chi connectivity index (χ1v) is 6.32. The van der Waals surface area contributed by atoms with Gasteiger partial charge in [-0.25, -0.2) is 0 Å². The molecule has 0 radical (unpaired) electrons. The quantitative estimate of drug-likeness (QED) is 0.669. The minimum absolute atomic E-state index is 0.0314. The van der Waals surface area contributed by atoms with Gasteiger partial charge in [-0.2, -0.15) is 0 Å². The van der Waals surface area contributed by atoms with Crippen molar-refractivity contribution in [2.45, 2.75) is 13.3 Å². The molecule has 0 aliphatic rings. The highest BCUT2D eigenvalue weighted by molar-refractivity contribution is 5.50. The number of ether oxygens (including phenoxy) is 1. The van der Waals surface area contributed by atoms with Crippen LogP contribution >= 0.6 is 0 Å². The average Bonchev–Trinajstić information content (AvgIpc) is 2.43. The maximum Gasteiger partial charge on any atom is 0.311 e. The summed E-state index contributed by atoms with van der Waals surface area (Å²) in [7, 11) is 0. The smallest absolute Gasteiger partial charge is 0.311 e. The lowest BCUT2D eigenvalue weighted by molar-refractivity contribution is -0.385. The maximum atomic E-state index is 11.0. The van der Waals surface area contributed by atoms with Crippen LogP contribution in [-0.2, 0) is 6.42 Å². The fourth-order valence-electron chi connectivity index (χ4n) is 1.87. The van der Waals surface area contributed by atoms with Crippen molar-refractivity contribution in [3.63, 3.8) is 0 Å². The Labute approximate surface area is 117 Å². The van der Waals surface area contributed by atoms with Crippen LogP contribution in [0.1, 0.15) is 11.1 Å². The Balaban J connectivity index is 2.23. The molecule has 0 saturated heterocycles. The molecule has 0 saturated carbocycles. The van der Waals surface area contributed by atoms with Crippen LogP contribution < -0.4 is 10.5 Å². The molecule has 0 atom stereocenters. The van der Waals surface area contributed by atoms with E-state index in [1.807, 2.05) is 12.1 Å². The van der Waals surface area contributed by atoms with Crippen molar-refractivity contribution in [2.24, 2.45) is 5.73 Å². The van der Waals surface area contributed by atoms with Crippen molar-refractivity contribution in [3.8, 4) is 11.5 Å². The Morgan fingerprint density at radius 1 is 1.20 bits per heavy atom. The second-order valence-corrected chi connectivity index (χ2v) is 4.51. The number of benzene rings is 2. The summed E-state index contributed by atoms with van der Waals surface area (Å²) >= 11 is 0. The first-order valence-electron chi connectivity index (χ1n) is 6.32. The predicted octanol–water partition coefficient (Wildman–Crippen LogP) is 3.20. The van der Waals surface area contributed by atoms with Crippen LogP contribution in [0.2, 0.25) is 0 Å². The number of nitro benzene ring substituents is 1. The summed E-state index contributed by atoms with van der Waals surface area (Å²) in [5, 5.41) is 11.0. The van der Waals surface area contributed by atoms with Gasteiger partial charge >= 0.3 is 5.69 Å². The summed E-state index contributed by atoms with van der Waals surface area (Å²) in [5.74, 6) is 0.810. The summed E-state index contributed by atoms with van der Waals surface area (Å²) in [6.07, 6.45) is 0.797. The molecule has 2 aromatic carbocycles. The summed E-state index contributed by atoms with van der Waals surface area (Å²) < 4.78 is 5.59. The molecule has 0 bridgehead atoms. The molecular weight excluding hydrogens is 256 g/mol. The molecule has 0 spiro atoms. The van der Waals surface area contributed by atoms with Crippen molar-refractivity contribution in [2.75, 3.05) is 6.54 Å². The van der Waals surface area contributed by atoms with Crippen LogP contribution in [0.25, 0.3) is 0 Å². The van der Waals surface area contributed by atoms with Gasteiger partial charge in [0, 0.05) is 6.07 Å². The van der Waals surface area contributed by atoms with E-state index in [-0.39, 0.29) is 11.4 Å². The second-order valence-electron chi connectivity index (χ2n) is 4.51. The largest absolute Gasteiger partial charge is 0.450 e. The highest BCUT2D eigenvalue weighted by Crippen LogP contribution is 2.32. The molecule has 0 fully saturated rings. The summed E-state index contributed by atoms with van der Waals surface area (Å²) in [6, 6.07) is 12.3. The van der Waals surface area contributed by atoms with Gasteiger partial charge in [0.15, 0.2) is 0 Å². The zero-order valence-corrected chi connectivity index (χ0v) is 11.2. The van der Waals surface area contributed by atoms with Crippen molar-refractivity contribution in [3.05, 3.63) is 63.7 Å². The van der Waals surface area contributed by atoms with Gasteiger partial charge in [-0.15, -0.1) is 0 Å². The number of hydrogen-bond acceptors (Lipinski definition) is 4. The van der Waals surface area contributed by atoms with Crippen molar-refractivity contribution in [1.82, 2.24) is 0 Å². The van der Waals surface area contributed by atoms with Crippen LogP contribution in [0.4, 0.5) is 5.69 Å². The lowest BCUT2D eigenvalue weighted by Gasteiger charge is -2.07. The molecule has 0 amide bonds. The van der Waals surface area contributed by atoms with E-state index >= 15 is 0 Å². The van der Waals surface area contributed by atoms with Gasteiger partial charge < -0.3 is 10.5 Å². The third-order valence-electron chi connectivity index (χ3n) is 2.90. The highest BCUT2D eigenvalue weighted by atomic mass is 16.6. The second kappa shape index (κ2) is 6.16. The van der Waals surface area contributed by atoms with Crippen LogP contribution in [0, 0.1) is 17.0 Å². The number of nitrogens with two attached hydrogens (primary N) is 1. The van der Waals surface area contributed by atoms with Gasteiger partial charge in [0.1, 0.15) is 5.75 Å². The molecule has 20 heavy (non-hydrogen) atoms. The highest BCUT2D eigenvalue weighted by Gasteiger charge is 2.15. The van der Waals surface area contributed by atoms with E-state index < -0.39 is 4.92 Å². The SMILES string of the molecule is Cc1ccc(Oc2ccc(CCN)cc2)c([N+](=O)[O-])c1. The lowest BCUT2D eigenvalue weighted by atomic mass is 10.1. The molecule has 2 N–H and O–H groups in total. The molecule has 2 aromatic rings. The molecule has 2 rings (SSSR count). The van der Waals surface area contributed by atoms with E-state index in [4.69, 9.17) is 10.5 Å². The van der Waals surface area contributed by atoms with Crippen LogP contribution in [-0.4, -0.2) is 11.5 Å². The van der Waals surface area contributed by atoms with Crippen molar-refractivity contribution < 1.29 is 9.66 Å². The number of nitrogens with zero attached hydrogens (tertiary/aromatic N) is 1. The van der Waals surface area contributed by atoms with E-state index in [9.17, 15) is 10.1 Å². The molecule has 0 aromatic heterocycles. The number of nitro groups is 1. The first-order chi connectivity index (χ1) is 9.60. The minimum Gasteiger partial charge on any atom is -0.450 e. The molecule has 0 heterocycles. The van der Waals surface area contributed by atoms with E-state index in [1.165, 1.54) is 6.07 Å². The van der Waals surface area contributed by atoms with E-state index in [0.717, 1.165) is 17.5 Å². The maximum absolute atomic E-state index is 11.0. The lowest BCUT2D eigenvalue weighted by Crippen LogP contribution is -2.02. The molecule has 104 valence electrons. The van der Waals surface area contributed by atoms with Crippen molar-refractivity contribution in [1.29, 1.82) is 0 Å². The van der Waals surface area contributed by atoms with Gasteiger partial charge in [-0.05, 0) is 49.2 Å². The number of hydrogen-bond donors (Lipinski definition) is 1. The predicted molar refractivity (Wildman–Crippen MR) is 77.1 cm³/mol. The Hall–Kier alpha value is -2.40. The summed E-state index contributed by atoms with van der Waals surface area (Å²) in [4.78, 5) is 10.6. The van der Waals surface area contributed by atoms with Crippen LogP contribution in [0.15, 0.2) is 42.5 Å². The fourth-order valence-corrected chi connectivity index (χ4v) is 1.87.